The molecule has 0 amide bonds. The lowest BCUT2D eigenvalue weighted by atomic mass is 10.4. The summed E-state index contributed by atoms with van der Waals surface area (Å²) in [5.41, 5.74) is 0. The number of ether oxygens (including phenoxy) is 2. The third kappa shape index (κ3) is 2.95. The van der Waals surface area contributed by atoms with Crippen LogP contribution in [0.3, 0.4) is 0 Å². The number of carbonyl (C=O) groups is 1. The predicted octanol–water partition coefficient (Wildman–Crippen LogP) is 1.40. The molecule has 1 atom stereocenters. The molecule has 3 nitrogen and oxygen atoms in total. The van der Waals surface area contributed by atoms with E-state index in [4.69, 9.17) is 9.47 Å². The zero-order valence-corrected chi connectivity index (χ0v) is 9.24. The number of rotatable bonds is 2. The fourth-order valence-electron chi connectivity index (χ4n) is 0.943. The number of halogens is 1. The minimum Gasteiger partial charge on any atom is -0.432 e. The number of alkyl halides is 1. The van der Waals surface area contributed by atoms with Crippen molar-refractivity contribution >= 4 is 33.7 Å². The van der Waals surface area contributed by atoms with Crippen LogP contribution >= 0.6 is 27.7 Å². The Labute approximate surface area is 84.3 Å². The van der Waals surface area contributed by atoms with Crippen molar-refractivity contribution in [2.45, 2.75) is 12.7 Å². The summed E-state index contributed by atoms with van der Waals surface area (Å²) < 4.78 is 10.5. The summed E-state index contributed by atoms with van der Waals surface area (Å²) in [4.78, 5) is 10.9. The second kappa shape index (κ2) is 4.48. The summed E-state index contributed by atoms with van der Waals surface area (Å²) in [5, 5.41) is 0.219. The van der Waals surface area contributed by atoms with Crippen LogP contribution in [0.2, 0.25) is 0 Å². The Morgan fingerprint density at radius 3 is 3.08 bits per heavy atom. The topological polar surface area (TPSA) is 35.5 Å². The minimum absolute atomic E-state index is 0.219. The first-order valence-electron chi connectivity index (χ1n) is 3.66. The van der Waals surface area contributed by atoms with Gasteiger partial charge in [0.15, 0.2) is 0 Å². The van der Waals surface area contributed by atoms with Crippen molar-refractivity contribution in [3.8, 4) is 0 Å². The summed E-state index contributed by atoms with van der Waals surface area (Å²) >= 11 is 4.77. The van der Waals surface area contributed by atoms with Crippen LogP contribution in [0.15, 0.2) is 0 Å². The van der Waals surface area contributed by atoms with E-state index in [1.54, 1.807) is 18.7 Å². The Kier molecular flexibility index (Phi) is 3.86. The van der Waals surface area contributed by atoms with Crippen LogP contribution in [0, 0.1) is 0 Å². The van der Waals surface area contributed by atoms with E-state index in [9.17, 15) is 4.79 Å². The quantitative estimate of drug-likeness (QED) is 0.552. The van der Waals surface area contributed by atoms with Gasteiger partial charge in [-0.05, 0) is 0 Å². The number of hydrogen-bond acceptors (Lipinski definition) is 4. The van der Waals surface area contributed by atoms with Gasteiger partial charge in [-0.3, -0.25) is 4.79 Å². The summed E-state index contributed by atoms with van der Waals surface area (Å²) in [6.07, 6.45) is 0. The lowest BCUT2D eigenvalue weighted by Gasteiger charge is -2.32. The van der Waals surface area contributed by atoms with Crippen molar-refractivity contribution in [3.63, 3.8) is 0 Å². The van der Waals surface area contributed by atoms with E-state index in [0.717, 1.165) is 5.75 Å². The lowest BCUT2D eigenvalue weighted by molar-refractivity contribution is -0.210. The summed E-state index contributed by atoms with van der Waals surface area (Å²) in [7, 11) is 0. The van der Waals surface area contributed by atoms with Gasteiger partial charge < -0.3 is 9.47 Å². The molecule has 0 bridgehead atoms. The Hall–Kier alpha value is 0.260. The molecule has 0 spiro atoms. The molecule has 1 aliphatic heterocycles. The van der Waals surface area contributed by atoms with E-state index < -0.39 is 5.79 Å². The molecular formula is C7H11BrO3S. The standard InChI is InChI=1S/C7H11BrO3S/c1-7(11-6(9)4-8)5-12-3-2-10-7/h2-5H2,1H3. The van der Waals surface area contributed by atoms with Crippen molar-refractivity contribution in [3.05, 3.63) is 0 Å². The largest absolute Gasteiger partial charge is 0.432 e. The number of esters is 1. The van der Waals surface area contributed by atoms with Crippen molar-refractivity contribution < 1.29 is 14.3 Å². The first-order valence-corrected chi connectivity index (χ1v) is 5.93. The van der Waals surface area contributed by atoms with Gasteiger partial charge >= 0.3 is 5.97 Å². The van der Waals surface area contributed by atoms with Gasteiger partial charge in [0.25, 0.3) is 0 Å². The van der Waals surface area contributed by atoms with E-state index >= 15 is 0 Å². The molecule has 1 fully saturated rings. The van der Waals surface area contributed by atoms with Crippen LogP contribution < -0.4 is 0 Å². The van der Waals surface area contributed by atoms with Gasteiger partial charge in [-0.25, -0.2) is 0 Å². The molecule has 12 heavy (non-hydrogen) atoms. The van der Waals surface area contributed by atoms with Crippen LogP contribution in [0.4, 0.5) is 0 Å². The van der Waals surface area contributed by atoms with E-state index in [-0.39, 0.29) is 11.3 Å². The van der Waals surface area contributed by atoms with Crippen molar-refractivity contribution in [2.24, 2.45) is 0 Å². The molecule has 5 heteroatoms. The molecule has 0 aliphatic carbocycles. The van der Waals surface area contributed by atoms with Gasteiger partial charge in [0, 0.05) is 12.7 Å². The maximum absolute atomic E-state index is 10.9. The fraction of sp³-hybridized carbons (Fsp3) is 0.857. The number of thioether (sulfide) groups is 1. The van der Waals surface area contributed by atoms with E-state index in [2.05, 4.69) is 15.9 Å². The second-order valence-electron chi connectivity index (χ2n) is 2.64. The molecule has 0 aromatic carbocycles. The highest BCUT2D eigenvalue weighted by atomic mass is 79.9. The fourth-order valence-corrected chi connectivity index (χ4v) is 1.92. The highest BCUT2D eigenvalue weighted by Crippen LogP contribution is 2.24. The van der Waals surface area contributed by atoms with E-state index in [1.807, 2.05) is 0 Å². The monoisotopic (exact) mass is 254 g/mol. The highest BCUT2D eigenvalue weighted by Gasteiger charge is 2.31. The zero-order chi connectivity index (χ0) is 9.03. The zero-order valence-electron chi connectivity index (χ0n) is 6.84. The highest BCUT2D eigenvalue weighted by molar-refractivity contribution is 9.09. The molecule has 0 radical (unpaired) electrons. The lowest BCUT2D eigenvalue weighted by Crippen LogP contribution is -2.41. The Morgan fingerprint density at radius 1 is 1.83 bits per heavy atom. The summed E-state index contributed by atoms with van der Waals surface area (Å²) in [6, 6.07) is 0. The normalized spacial score (nSPS) is 29.8. The molecule has 0 N–H and O–H groups in total. The average Bonchev–Trinajstić information content (AvgIpc) is 2.05. The molecule has 1 aliphatic rings. The first kappa shape index (κ1) is 10.3. The summed E-state index contributed by atoms with van der Waals surface area (Å²) in [5.74, 6) is 0.695. The Bertz CT molecular complexity index is 168. The van der Waals surface area contributed by atoms with Crippen molar-refractivity contribution in [2.75, 3.05) is 23.4 Å². The molecule has 70 valence electrons. The smallest absolute Gasteiger partial charge is 0.319 e. The van der Waals surface area contributed by atoms with Gasteiger partial charge in [0.05, 0.1) is 12.4 Å². The molecule has 0 saturated carbocycles. The van der Waals surface area contributed by atoms with Crippen LogP contribution in [0.5, 0.6) is 0 Å². The van der Waals surface area contributed by atoms with Gasteiger partial charge in [-0.1, -0.05) is 15.9 Å². The molecule has 0 aromatic heterocycles. The molecular weight excluding hydrogens is 244 g/mol. The molecule has 0 aromatic rings. The van der Waals surface area contributed by atoms with E-state index in [0.29, 0.717) is 12.4 Å². The van der Waals surface area contributed by atoms with Crippen molar-refractivity contribution in [1.82, 2.24) is 0 Å². The second-order valence-corrected chi connectivity index (χ2v) is 4.31. The maximum atomic E-state index is 10.9. The molecule has 1 heterocycles. The van der Waals surface area contributed by atoms with E-state index in [1.165, 1.54) is 0 Å². The van der Waals surface area contributed by atoms with Gasteiger partial charge in [0.2, 0.25) is 5.79 Å². The Balaban J connectivity index is 2.41. The van der Waals surface area contributed by atoms with Crippen LogP contribution in [0.25, 0.3) is 0 Å². The molecule has 1 rings (SSSR count). The predicted molar refractivity (Wildman–Crippen MR) is 51.6 cm³/mol. The molecule has 1 unspecified atom stereocenters. The van der Waals surface area contributed by atoms with Gasteiger partial charge in [-0.15, -0.1) is 0 Å². The third-order valence-electron chi connectivity index (χ3n) is 1.44. The summed E-state index contributed by atoms with van der Waals surface area (Å²) in [6.45, 7) is 2.44. The first-order chi connectivity index (χ1) is 5.66. The van der Waals surface area contributed by atoms with Gasteiger partial charge in [-0.2, -0.15) is 11.8 Å². The van der Waals surface area contributed by atoms with Crippen molar-refractivity contribution in [1.29, 1.82) is 0 Å². The van der Waals surface area contributed by atoms with Crippen LogP contribution in [-0.2, 0) is 14.3 Å². The number of carbonyl (C=O) groups excluding carboxylic acids is 1. The third-order valence-corrected chi connectivity index (χ3v) is 3.08. The molecule has 1 saturated heterocycles. The van der Waals surface area contributed by atoms with Crippen LogP contribution in [-0.4, -0.2) is 35.2 Å². The number of hydrogen-bond donors (Lipinski definition) is 0. The average molecular weight is 255 g/mol. The van der Waals surface area contributed by atoms with Crippen LogP contribution in [0.1, 0.15) is 6.92 Å². The maximum Gasteiger partial charge on any atom is 0.319 e. The van der Waals surface area contributed by atoms with Gasteiger partial charge in [0.1, 0.15) is 5.33 Å². The Morgan fingerprint density at radius 2 is 2.58 bits per heavy atom. The SMILES string of the molecule is CC1(OC(=O)CBr)CSCCO1. The minimum atomic E-state index is -0.715.